The van der Waals surface area contributed by atoms with Crippen LogP contribution in [0.5, 0.6) is 0 Å². The van der Waals surface area contributed by atoms with Crippen molar-refractivity contribution in [2.75, 3.05) is 59.4 Å². The van der Waals surface area contributed by atoms with Crippen molar-refractivity contribution in [3.05, 3.63) is 23.9 Å². The van der Waals surface area contributed by atoms with Crippen molar-refractivity contribution >= 4 is 17.7 Å². The predicted molar refractivity (Wildman–Crippen MR) is 106 cm³/mol. The second kappa shape index (κ2) is 12.1. The minimum atomic E-state index is -0.0125. The molecule has 0 bridgehead atoms. The number of aliphatic imine (C=N–C) groups is 1. The molecule has 1 aromatic heterocycles. The van der Waals surface area contributed by atoms with Crippen LogP contribution in [-0.2, 0) is 16.1 Å². The van der Waals surface area contributed by atoms with Crippen LogP contribution >= 0.6 is 0 Å². The fraction of sp³-hybridized carbons (Fsp3) is 0.611. The maximum absolute atomic E-state index is 11.8. The highest BCUT2D eigenvalue weighted by Crippen LogP contribution is 2.08. The van der Waals surface area contributed by atoms with Crippen molar-refractivity contribution in [3.63, 3.8) is 0 Å². The fourth-order valence-electron chi connectivity index (χ4n) is 1.98. The normalized spacial score (nSPS) is 11.2. The first-order chi connectivity index (χ1) is 12.4. The Morgan fingerprint density at radius 1 is 1.23 bits per heavy atom. The molecule has 0 unspecified atom stereocenters. The summed E-state index contributed by atoms with van der Waals surface area (Å²) in [6.07, 6.45) is 0.866. The second-order valence-electron chi connectivity index (χ2n) is 6.17. The van der Waals surface area contributed by atoms with Crippen LogP contribution in [-0.4, -0.2) is 76.2 Å². The molecule has 0 aliphatic heterocycles. The van der Waals surface area contributed by atoms with Crippen LogP contribution in [0.3, 0.4) is 0 Å². The summed E-state index contributed by atoms with van der Waals surface area (Å²) < 4.78 is 5.33. The highest BCUT2D eigenvalue weighted by atomic mass is 16.5. The van der Waals surface area contributed by atoms with Gasteiger partial charge in [0, 0.05) is 47.9 Å². The quantitative estimate of drug-likeness (QED) is 0.361. The third-order valence-electron chi connectivity index (χ3n) is 3.52. The van der Waals surface area contributed by atoms with Crippen molar-refractivity contribution in [1.82, 2.24) is 20.5 Å². The molecule has 1 aromatic rings. The van der Waals surface area contributed by atoms with E-state index in [0.29, 0.717) is 32.3 Å². The summed E-state index contributed by atoms with van der Waals surface area (Å²) in [7, 11) is 7.37. The number of ether oxygens (including phenoxy) is 1. The molecule has 8 heteroatoms. The maximum Gasteiger partial charge on any atom is 0.241 e. The molecule has 0 radical (unpaired) electrons. The number of hydrogen-bond donors (Lipinski definition) is 2. The molecule has 1 rings (SSSR count). The van der Waals surface area contributed by atoms with Crippen LogP contribution in [0.25, 0.3) is 0 Å². The van der Waals surface area contributed by atoms with Crippen LogP contribution in [0.1, 0.15) is 19.0 Å². The number of amides is 1. The van der Waals surface area contributed by atoms with Gasteiger partial charge in [0.25, 0.3) is 0 Å². The van der Waals surface area contributed by atoms with Crippen LogP contribution in [0.15, 0.2) is 23.2 Å². The molecule has 0 fully saturated rings. The molecular weight excluding hydrogens is 332 g/mol. The largest absolute Gasteiger partial charge is 0.382 e. The Morgan fingerprint density at radius 3 is 2.65 bits per heavy atom. The summed E-state index contributed by atoms with van der Waals surface area (Å²) in [4.78, 5) is 24.4. The molecule has 8 nitrogen and oxygen atoms in total. The molecule has 0 aromatic carbocycles. The van der Waals surface area contributed by atoms with E-state index in [1.54, 1.807) is 19.0 Å². The van der Waals surface area contributed by atoms with Gasteiger partial charge in [0.05, 0.1) is 18.8 Å². The summed E-state index contributed by atoms with van der Waals surface area (Å²) in [6.45, 7) is 4.72. The van der Waals surface area contributed by atoms with Gasteiger partial charge in [-0.05, 0) is 25.5 Å². The van der Waals surface area contributed by atoms with E-state index in [-0.39, 0.29) is 12.5 Å². The summed E-state index contributed by atoms with van der Waals surface area (Å²) >= 11 is 0. The van der Waals surface area contributed by atoms with Crippen molar-refractivity contribution in [3.8, 4) is 0 Å². The van der Waals surface area contributed by atoms with Crippen LogP contribution in [0.2, 0.25) is 0 Å². The second-order valence-corrected chi connectivity index (χ2v) is 6.17. The fourth-order valence-corrected chi connectivity index (χ4v) is 1.98. The Kier molecular flexibility index (Phi) is 10.1. The van der Waals surface area contributed by atoms with Crippen molar-refractivity contribution in [2.24, 2.45) is 4.99 Å². The zero-order valence-corrected chi connectivity index (χ0v) is 16.6. The van der Waals surface area contributed by atoms with Crippen molar-refractivity contribution < 1.29 is 9.53 Å². The highest BCUT2D eigenvalue weighted by Gasteiger charge is 2.06. The van der Waals surface area contributed by atoms with Crippen LogP contribution < -0.4 is 15.5 Å². The molecular formula is C18H32N6O2. The lowest BCUT2D eigenvalue weighted by atomic mass is 10.3. The van der Waals surface area contributed by atoms with Gasteiger partial charge in [-0.25, -0.2) is 9.98 Å². The number of likely N-dealkylation sites (N-methyl/N-ethyl adjacent to an activating group) is 1. The predicted octanol–water partition coefficient (Wildman–Crippen LogP) is 0.698. The number of aromatic nitrogens is 1. The minimum Gasteiger partial charge on any atom is -0.382 e. The Hall–Kier alpha value is -2.35. The molecule has 0 aliphatic carbocycles. The number of guanidine groups is 1. The molecule has 2 N–H and O–H groups in total. The van der Waals surface area contributed by atoms with E-state index in [0.717, 1.165) is 17.9 Å². The number of carbonyl (C=O) groups is 1. The first-order valence-corrected chi connectivity index (χ1v) is 8.87. The molecule has 1 heterocycles. The number of nitrogens with zero attached hydrogens (tertiary/aromatic N) is 4. The Balaban J connectivity index is 2.67. The topological polar surface area (TPSA) is 82.1 Å². The zero-order valence-electron chi connectivity index (χ0n) is 16.6. The average molecular weight is 364 g/mol. The van der Waals surface area contributed by atoms with Crippen molar-refractivity contribution in [2.45, 2.75) is 19.9 Å². The van der Waals surface area contributed by atoms with E-state index >= 15 is 0 Å². The van der Waals surface area contributed by atoms with Gasteiger partial charge in [0.1, 0.15) is 5.82 Å². The van der Waals surface area contributed by atoms with E-state index in [4.69, 9.17) is 4.74 Å². The third-order valence-corrected chi connectivity index (χ3v) is 3.52. The zero-order chi connectivity index (χ0) is 19.4. The van der Waals surface area contributed by atoms with Gasteiger partial charge < -0.3 is 25.2 Å². The van der Waals surface area contributed by atoms with Gasteiger partial charge in [-0.2, -0.15) is 0 Å². The van der Waals surface area contributed by atoms with E-state index < -0.39 is 0 Å². The lowest BCUT2D eigenvalue weighted by molar-refractivity contribution is -0.127. The van der Waals surface area contributed by atoms with E-state index in [1.807, 2.05) is 44.1 Å². The molecule has 0 aliphatic rings. The van der Waals surface area contributed by atoms with Gasteiger partial charge in [0.15, 0.2) is 5.96 Å². The molecule has 0 spiro atoms. The maximum atomic E-state index is 11.8. The Bertz CT molecular complexity index is 575. The lowest BCUT2D eigenvalue weighted by Gasteiger charge is -2.15. The summed E-state index contributed by atoms with van der Waals surface area (Å²) in [5, 5.41) is 6.30. The van der Waals surface area contributed by atoms with E-state index in [2.05, 4.69) is 20.6 Å². The lowest BCUT2D eigenvalue weighted by Crippen LogP contribution is -2.43. The number of rotatable bonds is 10. The van der Waals surface area contributed by atoms with Gasteiger partial charge >= 0.3 is 0 Å². The molecule has 0 atom stereocenters. The van der Waals surface area contributed by atoms with Gasteiger partial charge in [-0.15, -0.1) is 0 Å². The molecule has 26 heavy (non-hydrogen) atoms. The molecule has 1 amide bonds. The standard InChI is InChI=1S/C18H32N6O2/c1-6-26-12-8-11-19-18(21-14-17(25)24(4)5)20-13-15-9-7-10-16(22-15)23(2)3/h7,9-10H,6,8,11-14H2,1-5H3,(H2,19,20,21). The summed E-state index contributed by atoms with van der Waals surface area (Å²) in [5.74, 6) is 1.47. The first kappa shape index (κ1) is 21.7. The molecule has 0 saturated carbocycles. The van der Waals surface area contributed by atoms with Crippen LogP contribution in [0.4, 0.5) is 5.82 Å². The van der Waals surface area contributed by atoms with Crippen molar-refractivity contribution in [1.29, 1.82) is 0 Å². The van der Waals surface area contributed by atoms with Gasteiger partial charge in [-0.3, -0.25) is 4.79 Å². The third kappa shape index (κ3) is 8.66. The highest BCUT2D eigenvalue weighted by molar-refractivity contribution is 5.86. The SMILES string of the molecule is CCOCCCNC(=NCc1cccc(N(C)C)n1)NCC(=O)N(C)C. The minimum absolute atomic E-state index is 0.0125. The van der Waals surface area contributed by atoms with E-state index in [1.165, 1.54) is 0 Å². The van der Waals surface area contributed by atoms with Gasteiger partial charge in [0.2, 0.25) is 5.91 Å². The number of pyridine rings is 1. The summed E-state index contributed by atoms with van der Waals surface area (Å²) in [6, 6.07) is 5.85. The number of nitrogens with one attached hydrogen (secondary N) is 2. The smallest absolute Gasteiger partial charge is 0.241 e. The first-order valence-electron chi connectivity index (χ1n) is 8.87. The number of anilines is 1. The average Bonchev–Trinajstić information content (AvgIpc) is 2.62. The van der Waals surface area contributed by atoms with Crippen LogP contribution in [0, 0.1) is 0 Å². The Labute approximate surface area is 156 Å². The number of carbonyl (C=O) groups excluding carboxylic acids is 1. The monoisotopic (exact) mass is 364 g/mol. The van der Waals surface area contributed by atoms with E-state index in [9.17, 15) is 4.79 Å². The Morgan fingerprint density at radius 2 is 2.00 bits per heavy atom. The number of hydrogen-bond acceptors (Lipinski definition) is 5. The summed E-state index contributed by atoms with van der Waals surface area (Å²) in [5.41, 5.74) is 0.866. The van der Waals surface area contributed by atoms with Gasteiger partial charge in [-0.1, -0.05) is 6.07 Å². The molecule has 0 saturated heterocycles. The molecule has 146 valence electrons.